The van der Waals surface area contributed by atoms with Crippen LogP contribution >= 0.6 is 11.6 Å². The number of hydrogen-bond donors (Lipinski definition) is 1. The maximum Gasteiger partial charge on any atom is 0.155 e. The van der Waals surface area contributed by atoms with E-state index >= 15 is 0 Å². The quantitative estimate of drug-likeness (QED) is 0.512. The van der Waals surface area contributed by atoms with Crippen LogP contribution in [0.4, 0.5) is 5.82 Å². The average Bonchev–Trinajstić information content (AvgIpc) is 3.11. The molecular formula is C24H25ClN6. The third-order valence-corrected chi connectivity index (χ3v) is 5.95. The molecule has 1 fully saturated rings. The van der Waals surface area contributed by atoms with Crippen LogP contribution in [-0.4, -0.2) is 44.8 Å². The maximum atomic E-state index is 6.13. The molecule has 4 aromatic rings. The van der Waals surface area contributed by atoms with Crippen LogP contribution in [0.3, 0.4) is 0 Å². The number of hydrogen-bond acceptors (Lipinski definition) is 5. The summed E-state index contributed by atoms with van der Waals surface area (Å²) < 4.78 is 1.97. The molecule has 158 valence electrons. The second-order valence-electron chi connectivity index (χ2n) is 8.35. The van der Waals surface area contributed by atoms with Crippen LogP contribution in [0.25, 0.3) is 28.2 Å². The summed E-state index contributed by atoms with van der Waals surface area (Å²) in [5.74, 6) is 1.00. The molecule has 6 nitrogen and oxygen atoms in total. The molecule has 1 saturated heterocycles. The number of aromatic nitrogens is 4. The molecule has 1 aromatic carbocycles. The summed E-state index contributed by atoms with van der Waals surface area (Å²) in [6.45, 7) is 8.39. The number of imidazole rings is 1. The van der Waals surface area contributed by atoms with Gasteiger partial charge in [-0.15, -0.1) is 5.10 Å². The first kappa shape index (κ1) is 20.0. The fraction of sp³-hybridized carbons (Fsp3) is 0.292. The average molecular weight is 433 g/mol. The van der Waals surface area contributed by atoms with Gasteiger partial charge in [-0.05, 0) is 56.7 Å². The summed E-state index contributed by atoms with van der Waals surface area (Å²) >= 11 is 6.13. The molecule has 0 radical (unpaired) electrons. The van der Waals surface area contributed by atoms with Gasteiger partial charge < -0.3 is 10.2 Å². The number of anilines is 1. The smallest absolute Gasteiger partial charge is 0.155 e. The Balaban J connectivity index is 1.72. The normalized spacial score (nSPS) is 19.2. The molecule has 2 atom stereocenters. The lowest BCUT2D eigenvalue weighted by atomic mass is 10.1. The molecule has 31 heavy (non-hydrogen) atoms. The van der Waals surface area contributed by atoms with Crippen molar-refractivity contribution >= 4 is 23.1 Å². The molecular weight excluding hydrogens is 408 g/mol. The van der Waals surface area contributed by atoms with Gasteiger partial charge in [0.15, 0.2) is 11.5 Å². The van der Waals surface area contributed by atoms with E-state index in [1.54, 1.807) is 12.4 Å². The molecule has 2 unspecified atom stereocenters. The Bertz CT molecular complexity index is 1210. The van der Waals surface area contributed by atoms with Crippen molar-refractivity contribution in [3.05, 3.63) is 65.4 Å². The highest BCUT2D eigenvalue weighted by Gasteiger charge is 2.25. The number of rotatable bonds is 3. The van der Waals surface area contributed by atoms with Crippen LogP contribution in [0.5, 0.6) is 0 Å². The van der Waals surface area contributed by atoms with Gasteiger partial charge in [0.05, 0.1) is 5.69 Å². The molecule has 0 spiro atoms. The van der Waals surface area contributed by atoms with E-state index in [1.807, 2.05) is 40.9 Å². The van der Waals surface area contributed by atoms with Crippen LogP contribution in [0.2, 0.25) is 5.02 Å². The lowest BCUT2D eigenvalue weighted by molar-refractivity contribution is 0.404. The number of halogens is 1. The Morgan fingerprint density at radius 2 is 1.65 bits per heavy atom. The van der Waals surface area contributed by atoms with Gasteiger partial charge in [-0.3, -0.25) is 4.98 Å². The largest absolute Gasteiger partial charge is 0.352 e. The zero-order valence-corrected chi connectivity index (χ0v) is 18.6. The summed E-state index contributed by atoms with van der Waals surface area (Å²) in [4.78, 5) is 11.5. The molecule has 0 saturated carbocycles. The van der Waals surface area contributed by atoms with Gasteiger partial charge in [0.25, 0.3) is 0 Å². The van der Waals surface area contributed by atoms with E-state index in [0.717, 1.165) is 52.6 Å². The maximum absolute atomic E-state index is 6.13. The minimum absolute atomic E-state index is 0.410. The highest BCUT2D eigenvalue weighted by molar-refractivity contribution is 6.30. The van der Waals surface area contributed by atoms with Gasteiger partial charge >= 0.3 is 0 Å². The van der Waals surface area contributed by atoms with Crippen LogP contribution in [0.1, 0.15) is 19.4 Å². The van der Waals surface area contributed by atoms with Gasteiger partial charge in [-0.2, -0.15) is 0 Å². The number of aryl methyl sites for hydroxylation is 1. The summed E-state index contributed by atoms with van der Waals surface area (Å²) in [6.07, 6.45) is 3.60. The zero-order valence-electron chi connectivity index (χ0n) is 17.9. The molecule has 1 N–H and O–H groups in total. The van der Waals surface area contributed by atoms with Crippen LogP contribution in [0.15, 0.2) is 54.9 Å². The van der Waals surface area contributed by atoms with Gasteiger partial charge in [0, 0.05) is 53.7 Å². The van der Waals surface area contributed by atoms with E-state index in [2.05, 4.69) is 42.0 Å². The molecule has 3 aromatic heterocycles. The summed E-state index contributed by atoms with van der Waals surface area (Å²) in [6, 6.07) is 14.7. The molecule has 4 heterocycles. The Hall–Kier alpha value is -2.96. The number of benzene rings is 1. The van der Waals surface area contributed by atoms with Crippen molar-refractivity contribution in [3.63, 3.8) is 0 Å². The highest BCUT2D eigenvalue weighted by Crippen LogP contribution is 2.34. The standard InChI is InChI=1S/C24H25ClN6/c1-15-12-21-28-22(18-4-6-20(25)7-5-18)23(19-8-10-26-11-9-19)31(21)29-24(15)30-13-16(2)27-17(3)14-30/h4-12,16-17,27H,13-14H2,1-3H3. The van der Waals surface area contributed by atoms with Crippen molar-refractivity contribution in [3.8, 4) is 22.5 Å². The van der Waals surface area contributed by atoms with E-state index in [-0.39, 0.29) is 0 Å². The van der Waals surface area contributed by atoms with E-state index in [4.69, 9.17) is 21.7 Å². The van der Waals surface area contributed by atoms with E-state index in [9.17, 15) is 0 Å². The van der Waals surface area contributed by atoms with Crippen molar-refractivity contribution in [2.24, 2.45) is 0 Å². The fourth-order valence-electron chi connectivity index (χ4n) is 4.45. The SMILES string of the molecule is Cc1cc2nc(-c3ccc(Cl)cc3)c(-c3ccncc3)n2nc1N1CC(C)NC(C)C1. The number of fused-ring (bicyclic) bond motifs is 1. The van der Waals surface area contributed by atoms with E-state index in [0.29, 0.717) is 17.1 Å². The van der Waals surface area contributed by atoms with Crippen molar-refractivity contribution in [2.75, 3.05) is 18.0 Å². The van der Waals surface area contributed by atoms with Gasteiger partial charge in [-0.25, -0.2) is 9.50 Å². The molecule has 0 amide bonds. The summed E-state index contributed by atoms with van der Waals surface area (Å²) in [5, 5.41) is 9.41. The number of nitrogens with zero attached hydrogens (tertiary/aromatic N) is 5. The minimum Gasteiger partial charge on any atom is -0.352 e. The summed E-state index contributed by atoms with van der Waals surface area (Å²) in [7, 11) is 0. The molecule has 7 heteroatoms. The number of piperazine rings is 1. The Kier molecular flexibility index (Phi) is 5.12. The third kappa shape index (κ3) is 3.77. The minimum atomic E-state index is 0.410. The molecule has 0 bridgehead atoms. The predicted molar refractivity (Wildman–Crippen MR) is 126 cm³/mol. The second kappa shape index (κ2) is 7.94. The third-order valence-electron chi connectivity index (χ3n) is 5.70. The van der Waals surface area contributed by atoms with Crippen LogP contribution in [-0.2, 0) is 0 Å². The Morgan fingerprint density at radius 3 is 2.32 bits per heavy atom. The first-order valence-corrected chi connectivity index (χ1v) is 10.9. The predicted octanol–water partition coefficient (Wildman–Crippen LogP) is 4.61. The zero-order chi connectivity index (χ0) is 21.5. The summed E-state index contributed by atoms with van der Waals surface area (Å²) in [5.41, 5.74) is 5.82. The van der Waals surface area contributed by atoms with Crippen molar-refractivity contribution in [1.82, 2.24) is 24.9 Å². The lowest BCUT2D eigenvalue weighted by Gasteiger charge is -2.37. The molecule has 0 aliphatic carbocycles. The lowest BCUT2D eigenvalue weighted by Crippen LogP contribution is -2.54. The first-order chi connectivity index (χ1) is 15.0. The Morgan fingerprint density at radius 1 is 0.968 bits per heavy atom. The Labute approximate surface area is 186 Å². The van der Waals surface area contributed by atoms with Gasteiger partial charge in [0.1, 0.15) is 5.69 Å². The van der Waals surface area contributed by atoms with Crippen LogP contribution < -0.4 is 10.2 Å². The van der Waals surface area contributed by atoms with Crippen molar-refractivity contribution < 1.29 is 0 Å². The molecule has 1 aliphatic heterocycles. The second-order valence-corrected chi connectivity index (χ2v) is 8.78. The van der Waals surface area contributed by atoms with E-state index in [1.165, 1.54) is 0 Å². The topological polar surface area (TPSA) is 58.4 Å². The first-order valence-electron chi connectivity index (χ1n) is 10.6. The number of nitrogens with one attached hydrogen (secondary N) is 1. The van der Waals surface area contributed by atoms with Crippen molar-refractivity contribution in [2.45, 2.75) is 32.9 Å². The van der Waals surface area contributed by atoms with Gasteiger partial charge in [-0.1, -0.05) is 23.7 Å². The number of pyridine rings is 1. The monoisotopic (exact) mass is 432 g/mol. The highest BCUT2D eigenvalue weighted by atomic mass is 35.5. The fourth-order valence-corrected chi connectivity index (χ4v) is 4.57. The van der Waals surface area contributed by atoms with Crippen LogP contribution in [0, 0.1) is 6.92 Å². The molecule has 1 aliphatic rings. The van der Waals surface area contributed by atoms with Crippen molar-refractivity contribution in [1.29, 1.82) is 0 Å². The molecule has 5 rings (SSSR count). The van der Waals surface area contributed by atoms with Gasteiger partial charge in [0.2, 0.25) is 0 Å². The van der Waals surface area contributed by atoms with E-state index < -0.39 is 0 Å².